The van der Waals surface area contributed by atoms with E-state index in [1.54, 1.807) is 7.11 Å². The SMILES string of the molecule is COc1ccc(CCNc2cc(Br)nc(C(C)C)n2)cc1. The Kier molecular flexibility index (Phi) is 5.56. The maximum Gasteiger partial charge on any atom is 0.134 e. The predicted molar refractivity (Wildman–Crippen MR) is 89.0 cm³/mol. The van der Waals surface area contributed by atoms with Crippen LogP contribution < -0.4 is 10.1 Å². The summed E-state index contributed by atoms with van der Waals surface area (Å²) in [4.78, 5) is 8.89. The van der Waals surface area contributed by atoms with Gasteiger partial charge in [-0.05, 0) is 40.0 Å². The Labute approximate surface area is 134 Å². The number of nitrogens with zero attached hydrogens (tertiary/aromatic N) is 2. The van der Waals surface area contributed by atoms with E-state index in [0.717, 1.165) is 35.0 Å². The van der Waals surface area contributed by atoms with Crippen LogP contribution in [0.1, 0.15) is 31.2 Å². The van der Waals surface area contributed by atoms with Gasteiger partial charge in [-0.25, -0.2) is 9.97 Å². The van der Waals surface area contributed by atoms with Crippen LogP contribution in [-0.4, -0.2) is 23.6 Å². The summed E-state index contributed by atoms with van der Waals surface area (Å²) >= 11 is 3.43. The number of benzene rings is 1. The lowest BCUT2D eigenvalue weighted by molar-refractivity contribution is 0.414. The first-order chi connectivity index (χ1) is 10.1. The Morgan fingerprint density at radius 2 is 1.90 bits per heavy atom. The van der Waals surface area contributed by atoms with Gasteiger partial charge in [-0.3, -0.25) is 0 Å². The first-order valence-electron chi connectivity index (χ1n) is 6.99. The Balaban J connectivity index is 1.93. The number of halogens is 1. The molecule has 0 saturated heterocycles. The lowest BCUT2D eigenvalue weighted by atomic mass is 10.1. The molecule has 0 saturated carbocycles. The normalized spacial score (nSPS) is 10.7. The summed E-state index contributed by atoms with van der Waals surface area (Å²) in [7, 11) is 1.68. The number of nitrogens with one attached hydrogen (secondary N) is 1. The molecule has 0 aliphatic rings. The minimum absolute atomic E-state index is 0.310. The smallest absolute Gasteiger partial charge is 0.134 e. The van der Waals surface area contributed by atoms with Gasteiger partial charge in [0.15, 0.2) is 0 Å². The lowest BCUT2D eigenvalue weighted by Crippen LogP contribution is -2.09. The summed E-state index contributed by atoms with van der Waals surface area (Å²) in [6.07, 6.45) is 0.933. The maximum absolute atomic E-state index is 5.15. The molecule has 21 heavy (non-hydrogen) atoms. The average Bonchev–Trinajstić information content (AvgIpc) is 2.47. The molecule has 2 aromatic rings. The van der Waals surface area contributed by atoms with Gasteiger partial charge >= 0.3 is 0 Å². The zero-order chi connectivity index (χ0) is 15.2. The second kappa shape index (κ2) is 7.41. The van der Waals surface area contributed by atoms with Gasteiger partial charge < -0.3 is 10.1 Å². The summed E-state index contributed by atoms with van der Waals surface area (Å²) in [5.41, 5.74) is 1.26. The molecule has 0 bridgehead atoms. The molecule has 0 amide bonds. The molecule has 1 N–H and O–H groups in total. The van der Waals surface area contributed by atoms with E-state index in [1.165, 1.54) is 5.56 Å². The highest BCUT2D eigenvalue weighted by molar-refractivity contribution is 9.10. The topological polar surface area (TPSA) is 47.0 Å². The number of hydrogen-bond donors (Lipinski definition) is 1. The van der Waals surface area contributed by atoms with E-state index < -0.39 is 0 Å². The van der Waals surface area contributed by atoms with Gasteiger partial charge in [0.05, 0.1) is 7.11 Å². The third-order valence-electron chi connectivity index (χ3n) is 3.11. The minimum atomic E-state index is 0.310. The van der Waals surface area contributed by atoms with Crippen LogP contribution in [0.2, 0.25) is 0 Å². The van der Waals surface area contributed by atoms with Gasteiger partial charge in [-0.2, -0.15) is 0 Å². The third kappa shape index (κ3) is 4.70. The Morgan fingerprint density at radius 3 is 2.52 bits per heavy atom. The van der Waals surface area contributed by atoms with E-state index in [9.17, 15) is 0 Å². The maximum atomic E-state index is 5.15. The highest BCUT2D eigenvalue weighted by Crippen LogP contribution is 2.17. The largest absolute Gasteiger partial charge is 0.497 e. The molecule has 5 heteroatoms. The summed E-state index contributed by atoms with van der Waals surface area (Å²) < 4.78 is 5.97. The van der Waals surface area contributed by atoms with Crippen molar-refractivity contribution in [3.8, 4) is 5.75 Å². The third-order valence-corrected chi connectivity index (χ3v) is 3.51. The molecule has 1 aromatic heterocycles. The van der Waals surface area contributed by atoms with Crippen molar-refractivity contribution in [3.05, 3.63) is 46.3 Å². The molecule has 0 aliphatic carbocycles. The van der Waals surface area contributed by atoms with Gasteiger partial charge in [0.1, 0.15) is 22.0 Å². The lowest BCUT2D eigenvalue weighted by Gasteiger charge is -2.10. The Bertz CT molecular complexity index is 585. The van der Waals surface area contributed by atoms with Crippen LogP contribution in [0.3, 0.4) is 0 Å². The molecule has 0 unspecified atom stereocenters. The Hall–Kier alpha value is -1.62. The van der Waals surface area contributed by atoms with Crippen molar-refractivity contribution < 1.29 is 4.74 Å². The first-order valence-corrected chi connectivity index (χ1v) is 7.79. The molecule has 2 rings (SSSR count). The zero-order valence-electron chi connectivity index (χ0n) is 12.6. The van der Waals surface area contributed by atoms with Crippen molar-refractivity contribution in [2.24, 2.45) is 0 Å². The number of anilines is 1. The fraction of sp³-hybridized carbons (Fsp3) is 0.375. The van der Waals surface area contributed by atoms with Gasteiger partial charge in [0.25, 0.3) is 0 Å². The number of aromatic nitrogens is 2. The van der Waals surface area contributed by atoms with Crippen molar-refractivity contribution in [3.63, 3.8) is 0 Å². The summed E-state index contributed by atoms with van der Waals surface area (Å²) in [6.45, 7) is 5.00. The van der Waals surface area contributed by atoms with E-state index in [1.807, 2.05) is 18.2 Å². The van der Waals surface area contributed by atoms with Crippen molar-refractivity contribution in [1.29, 1.82) is 0 Å². The van der Waals surface area contributed by atoms with Gasteiger partial charge in [0, 0.05) is 18.5 Å². The Morgan fingerprint density at radius 1 is 1.19 bits per heavy atom. The summed E-state index contributed by atoms with van der Waals surface area (Å²) in [5, 5.41) is 3.35. The van der Waals surface area contributed by atoms with Gasteiger partial charge in [-0.1, -0.05) is 26.0 Å². The highest BCUT2D eigenvalue weighted by Gasteiger charge is 2.06. The van der Waals surface area contributed by atoms with Crippen LogP contribution in [0, 0.1) is 0 Å². The van der Waals surface area contributed by atoms with Crippen molar-refractivity contribution in [1.82, 2.24) is 9.97 Å². The van der Waals surface area contributed by atoms with E-state index in [2.05, 4.69) is 57.2 Å². The monoisotopic (exact) mass is 349 g/mol. The number of rotatable bonds is 6. The highest BCUT2D eigenvalue weighted by atomic mass is 79.9. The predicted octanol–water partition coefficient (Wildman–Crippen LogP) is 4.03. The van der Waals surface area contributed by atoms with Crippen LogP contribution >= 0.6 is 15.9 Å². The van der Waals surface area contributed by atoms with Crippen LogP contribution in [0.5, 0.6) is 5.75 Å². The van der Waals surface area contributed by atoms with E-state index >= 15 is 0 Å². The van der Waals surface area contributed by atoms with Crippen molar-refractivity contribution >= 4 is 21.7 Å². The standard InChI is InChI=1S/C16H20BrN3O/c1-11(2)16-19-14(17)10-15(20-16)18-9-8-12-4-6-13(21-3)7-5-12/h4-7,10-11H,8-9H2,1-3H3,(H,18,19,20). The molecular formula is C16H20BrN3O. The van der Waals surface area contributed by atoms with Crippen LogP contribution in [-0.2, 0) is 6.42 Å². The summed E-state index contributed by atoms with van der Waals surface area (Å²) in [6, 6.07) is 10.0. The van der Waals surface area contributed by atoms with Crippen molar-refractivity contribution in [2.75, 3.05) is 19.0 Å². The van der Waals surface area contributed by atoms with Crippen LogP contribution in [0.15, 0.2) is 34.9 Å². The molecule has 1 heterocycles. The molecule has 0 radical (unpaired) electrons. The fourth-order valence-electron chi connectivity index (χ4n) is 1.91. The van der Waals surface area contributed by atoms with Crippen molar-refractivity contribution in [2.45, 2.75) is 26.2 Å². The molecule has 0 fully saturated rings. The van der Waals surface area contributed by atoms with Crippen LogP contribution in [0.4, 0.5) is 5.82 Å². The molecular weight excluding hydrogens is 330 g/mol. The first kappa shape index (κ1) is 15.8. The second-order valence-electron chi connectivity index (χ2n) is 5.11. The number of hydrogen-bond acceptors (Lipinski definition) is 4. The molecule has 1 aromatic carbocycles. The van der Waals surface area contributed by atoms with E-state index in [4.69, 9.17) is 4.74 Å². The molecule has 0 atom stereocenters. The molecule has 4 nitrogen and oxygen atoms in total. The van der Waals surface area contributed by atoms with Crippen LogP contribution in [0.25, 0.3) is 0 Å². The fourth-order valence-corrected chi connectivity index (χ4v) is 2.31. The average molecular weight is 350 g/mol. The number of methoxy groups -OCH3 is 1. The van der Waals surface area contributed by atoms with E-state index in [0.29, 0.717) is 5.92 Å². The quantitative estimate of drug-likeness (QED) is 0.800. The number of ether oxygens (including phenoxy) is 1. The van der Waals surface area contributed by atoms with Gasteiger partial charge in [0.2, 0.25) is 0 Å². The van der Waals surface area contributed by atoms with Gasteiger partial charge in [-0.15, -0.1) is 0 Å². The minimum Gasteiger partial charge on any atom is -0.497 e. The summed E-state index contributed by atoms with van der Waals surface area (Å²) in [5.74, 6) is 2.89. The zero-order valence-corrected chi connectivity index (χ0v) is 14.1. The molecule has 112 valence electrons. The second-order valence-corrected chi connectivity index (χ2v) is 5.93. The molecule has 0 spiro atoms. The van der Waals surface area contributed by atoms with E-state index in [-0.39, 0.29) is 0 Å². The molecule has 0 aliphatic heterocycles.